The molecule has 0 aliphatic rings. The van der Waals surface area contributed by atoms with Gasteiger partial charge in [-0.3, -0.25) is 4.79 Å². The zero-order valence-electron chi connectivity index (χ0n) is 10.6. The first-order chi connectivity index (χ1) is 7.95. The number of amides is 1. The molecule has 1 rings (SSSR count). The Labute approximate surface area is 102 Å². The highest BCUT2D eigenvalue weighted by Gasteiger charge is 2.18. The van der Waals surface area contributed by atoms with E-state index in [4.69, 9.17) is 5.73 Å². The van der Waals surface area contributed by atoms with E-state index >= 15 is 0 Å². The Morgan fingerprint density at radius 1 is 1.47 bits per heavy atom. The van der Waals surface area contributed by atoms with E-state index in [1.54, 1.807) is 7.05 Å². The van der Waals surface area contributed by atoms with Crippen molar-refractivity contribution in [2.24, 2.45) is 5.73 Å². The molecule has 0 saturated heterocycles. The molecule has 0 aliphatic carbocycles. The van der Waals surface area contributed by atoms with Crippen LogP contribution < -0.4 is 5.73 Å². The molecule has 94 valence electrons. The quantitative estimate of drug-likeness (QED) is 0.803. The maximum atomic E-state index is 11.7. The summed E-state index contributed by atoms with van der Waals surface area (Å²) in [5, 5.41) is 9.38. The number of hydrogen-bond acceptors (Lipinski definition) is 3. The third-order valence-electron chi connectivity index (χ3n) is 2.80. The van der Waals surface area contributed by atoms with Crippen LogP contribution >= 0.6 is 0 Å². The molecule has 1 aromatic carbocycles. The number of nitrogens with two attached hydrogens (primary N) is 1. The van der Waals surface area contributed by atoms with Crippen LogP contribution in [0.5, 0.6) is 0 Å². The van der Waals surface area contributed by atoms with Gasteiger partial charge in [-0.15, -0.1) is 0 Å². The molecule has 4 nitrogen and oxygen atoms in total. The number of aliphatic hydroxyl groups is 1. The van der Waals surface area contributed by atoms with Crippen molar-refractivity contribution in [2.45, 2.75) is 26.5 Å². The van der Waals surface area contributed by atoms with Gasteiger partial charge in [0.15, 0.2) is 0 Å². The molecular formula is C13H20N2O2. The average Bonchev–Trinajstić information content (AvgIpc) is 2.31. The SMILES string of the molecule is Cc1ccc(C)c(CN(C)C(=O)C(O)CN)c1. The summed E-state index contributed by atoms with van der Waals surface area (Å²) in [6.07, 6.45) is -1.11. The summed E-state index contributed by atoms with van der Waals surface area (Å²) in [4.78, 5) is 13.2. The lowest BCUT2D eigenvalue weighted by Crippen LogP contribution is -2.40. The monoisotopic (exact) mass is 236 g/mol. The number of carbonyl (C=O) groups excluding carboxylic acids is 1. The molecule has 0 aromatic heterocycles. The lowest BCUT2D eigenvalue weighted by Gasteiger charge is -2.21. The molecule has 0 saturated carbocycles. The molecule has 1 unspecified atom stereocenters. The minimum absolute atomic E-state index is 0.0457. The minimum Gasteiger partial charge on any atom is -0.382 e. The second-order valence-corrected chi connectivity index (χ2v) is 4.38. The Bertz CT molecular complexity index is 404. The second-order valence-electron chi connectivity index (χ2n) is 4.38. The van der Waals surface area contributed by atoms with Gasteiger partial charge in [-0.05, 0) is 25.0 Å². The molecule has 3 N–H and O–H groups in total. The van der Waals surface area contributed by atoms with Crippen molar-refractivity contribution in [3.05, 3.63) is 34.9 Å². The molecule has 1 atom stereocenters. The predicted molar refractivity (Wildman–Crippen MR) is 67.5 cm³/mol. The Kier molecular flexibility index (Phi) is 4.66. The van der Waals surface area contributed by atoms with Crippen LogP contribution in [0.3, 0.4) is 0 Å². The molecule has 1 aromatic rings. The predicted octanol–water partition coefficient (Wildman–Crippen LogP) is 0.581. The summed E-state index contributed by atoms with van der Waals surface area (Å²) in [6.45, 7) is 4.46. The molecule has 1 amide bonds. The minimum atomic E-state index is -1.11. The number of nitrogens with zero attached hydrogens (tertiary/aromatic N) is 1. The van der Waals surface area contributed by atoms with Crippen LogP contribution in [0.2, 0.25) is 0 Å². The molecule has 0 radical (unpaired) electrons. The van der Waals surface area contributed by atoms with Crippen LogP contribution in [0, 0.1) is 13.8 Å². The van der Waals surface area contributed by atoms with E-state index in [9.17, 15) is 9.90 Å². The van der Waals surface area contributed by atoms with Gasteiger partial charge in [-0.2, -0.15) is 0 Å². The van der Waals surface area contributed by atoms with E-state index in [0.29, 0.717) is 6.54 Å². The molecule has 0 bridgehead atoms. The van der Waals surface area contributed by atoms with Crippen molar-refractivity contribution in [3.63, 3.8) is 0 Å². The number of hydrogen-bond donors (Lipinski definition) is 2. The van der Waals surface area contributed by atoms with Crippen molar-refractivity contribution in [2.75, 3.05) is 13.6 Å². The van der Waals surface area contributed by atoms with Crippen LogP contribution in [0.25, 0.3) is 0 Å². The van der Waals surface area contributed by atoms with Gasteiger partial charge in [0.25, 0.3) is 5.91 Å². The van der Waals surface area contributed by atoms with Gasteiger partial charge in [-0.25, -0.2) is 0 Å². The lowest BCUT2D eigenvalue weighted by molar-refractivity contribution is -0.138. The number of likely N-dealkylation sites (N-methyl/N-ethyl adjacent to an activating group) is 1. The molecule has 17 heavy (non-hydrogen) atoms. The Morgan fingerprint density at radius 2 is 2.12 bits per heavy atom. The highest BCUT2D eigenvalue weighted by atomic mass is 16.3. The summed E-state index contributed by atoms with van der Waals surface area (Å²) in [5.41, 5.74) is 8.64. The summed E-state index contributed by atoms with van der Waals surface area (Å²) in [5.74, 6) is -0.339. The summed E-state index contributed by atoms with van der Waals surface area (Å²) >= 11 is 0. The van der Waals surface area contributed by atoms with E-state index in [1.165, 1.54) is 4.90 Å². The summed E-state index contributed by atoms with van der Waals surface area (Å²) in [7, 11) is 1.67. The number of rotatable bonds is 4. The largest absolute Gasteiger partial charge is 0.382 e. The number of benzene rings is 1. The summed E-state index contributed by atoms with van der Waals surface area (Å²) < 4.78 is 0. The van der Waals surface area contributed by atoms with E-state index in [1.807, 2.05) is 32.0 Å². The fraction of sp³-hybridized carbons (Fsp3) is 0.462. The molecule has 4 heteroatoms. The van der Waals surface area contributed by atoms with Gasteiger partial charge in [0.05, 0.1) is 0 Å². The number of carbonyl (C=O) groups is 1. The fourth-order valence-electron chi connectivity index (χ4n) is 1.66. The van der Waals surface area contributed by atoms with Crippen LogP contribution in [0.15, 0.2) is 18.2 Å². The van der Waals surface area contributed by atoms with Crippen molar-refractivity contribution in [1.82, 2.24) is 4.90 Å². The second kappa shape index (κ2) is 5.80. The maximum Gasteiger partial charge on any atom is 0.252 e. The molecule has 0 fully saturated rings. The summed E-state index contributed by atoms with van der Waals surface area (Å²) in [6, 6.07) is 6.12. The molecular weight excluding hydrogens is 216 g/mol. The van der Waals surface area contributed by atoms with E-state index < -0.39 is 6.10 Å². The van der Waals surface area contributed by atoms with Crippen LogP contribution in [-0.4, -0.2) is 35.6 Å². The highest BCUT2D eigenvalue weighted by Crippen LogP contribution is 2.13. The van der Waals surface area contributed by atoms with Gasteiger partial charge in [0, 0.05) is 20.1 Å². The third kappa shape index (κ3) is 3.54. The first kappa shape index (κ1) is 13.7. The van der Waals surface area contributed by atoms with Crippen LogP contribution in [0.4, 0.5) is 0 Å². The van der Waals surface area contributed by atoms with Gasteiger partial charge in [-0.1, -0.05) is 23.8 Å². The molecule has 0 spiro atoms. The third-order valence-corrected chi connectivity index (χ3v) is 2.80. The van der Waals surface area contributed by atoms with Crippen molar-refractivity contribution in [1.29, 1.82) is 0 Å². The Morgan fingerprint density at radius 3 is 2.71 bits per heavy atom. The number of aryl methyl sites for hydroxylation is 2. The van der Waals surface area contributed by atoms with Crippen molar-refractivity contribution >= 4 is 5.91 Å². The van der Waals surface area contributed by atoms with Crippen molar-refractivity contribution in [3.8, 4) is 0 Å². The van der Waals surface area contributed by atoms with Gasteiger partial charge >= 0.3 is 0 Å². The zero-order valence-corrected chi connectivity index (χ0v) is 10.6. The maximum absolute atomic E-state index is 11.7. The lowest BCUT2D eigenvalue weighted by atomic mass is 10.1. The highest BCUT2D eigenvalue weighted by molar-refractivity contribution is 5.80. The van der Waals surface area contributed by atoms with Gasteiger partial charge in [0.1, 0.15) is 6.10 Å². The van der Waals surface area contributed by atoms with Crippen LogP contribution in [-0.2, 0) is 11.3 Å². The molecule has 0 heterocycles. The standard InChI is InChI=1S/C13H20N2O2/c1-9-4-5-10(2)11(6-9)8-15(3)13(17)12(16)7-14/h4-6,12,16H,7-8,14H2,1-3H3. The first-order valence-corrected chi connectivity index (χ1v) is 5.65. The normalized spacial score (nSPS) is 12.3. The van der Waals surface area contributed by atoms with Gasteiger partial charge < -0.3 is 15.7 Å². The van der Waals surface area contributed by atoms with E-state index in [0.717, 1.165) is 16.7 Å². The smallest absolute Gasteiger partial charge is 0.252 e. The van der Waals surface area contributed by atoms with Crippen molar-refractivity contribution < 1.29 is 9.90 Å². The zero-order chi connectivity index (χ0) is 13.0. The van der Waals surface area contributed by atoms with Crippen LogP contribution in [0.1, 0.15) is 16.7 Å². The van der Waals surface area contributed by atoms with E-state index in [2.05, 4.69) is 0 Å². The van der Waals surface area contributed by atoms with Gasteiger partial charge in [0.2, 0.25) is 0 Å². The first-order valence-electron chi connectivity index (χ1n) is 5.65. The number of aliphatic hydroxyl groups excluding tert-OH is 1. The Hall–Kier alpha value is -1.39. The Balaban J connectivity index is 2.77. The molecule has 0 aliphatic heterocycles. The topological polar surface area (TPSA) is 66.6 Å². The average molecular weight is 236 g/mol. The van der Waals surface area contributed by atoms with E-state index in [-0.39, 0.29) is 12.5 Å². The fourth-order valence-corrected chi connectivity index (χ4v) is 1.66.